The van der Waals surface area contributed by atoms with E-state index in [4.69, 9.17) is 0 Å². The Hall–Kier alpha value is -1.94. The molecule has 23 heavy (non-hydrogen) atoms. The molecule has 0 aromatic heterocycles. The fraction of sp³-hybridized carbons (Fsp3) is 0.385. The maximum absolute atomic E-state index is 12.3. The lowest BCUT2D eigenvalue weighted by molar-refractivity contribution is -0.121. The van der Waals surface area contributed by atoms with E-state index in [-0.39, 0.29) is 28.4 Å². The highest BCUT2D eigenvalue weighted by atomic mass is 32.2. The zero-order valence-electron chi connectivity index (χ0n) is 11.9. The number of nitrogens with zero attached hydrogens (tertiary/aromatic N) is 1. The van der Waals surface area contributed by atoms with Gasteiger partial charge in [0.2, 0.25) is 5.91 Å². The Morgan fingerprint density at radius 1 is 1.22 bits per heavy atom. The molecule has 0 saturated carbocycles. The summed E-state index contributed by atoms with van der Waals surface area (Å²) in [7, 11) is -7.20. The molecule has 1 saturated heterocycles. The van der Waals surface area contributed by atoms with Crippen LogP contribution in [0.3, 0.4) is 0 Å². The Labute approximate surface area is 133 Å². The van der Waals surface area contributed by atoms with Crippen molar-refractivity contribution in [2.24, 2.45) is 0 Å². The Balaban J connectivity index is 1.74. The van der Waals surface area contributed by atoms with Crippen LogP contribution < -0.4 is 5.32 Å². The lowest BCUT2D eigenvalue weighted by Gasteiger charge is -2.16. The quantitative estimate of drug-likeness (QED) is 0.751. The predicted molar refractivity (Wildman–Crippen MR) is 79.9 cm³/mol. The minimum absolute atomic E-state index is 0.00959. The number of amides is 2. The summed E-state index contributed by atoms with van der Waals surface area (Å²) in [6.07, 6.45) is 0.287. The fourth-order valence-electron chi connectivity index (χ4n) is 2.70. The molecule has 0 bridgehead atoms. The molecule has 1 fully saturated rings. The summed E-state index contributed by atoms with van der Waals surface area (Å²) in [6.45, 7) is -0.660. The molecule has 3 rings (SSSR count). The van der Waals surface area contributed by atoms with Crippen LogP contribution in [0.5, 0.6) is 0 Å². The number of nitrogens with one attached hydrogen (secondary N) is 1. The first kappa shape index (κ1) is 15.9. The summed E-state index contributed by atoms with van der Waals surface area (Å²) >= 11 is 0. The van der Waals surface area contributed by atoms with Crippen molar-refractivity contribution in [1.82, 2.24) is 9.62 Å². The first-order valence-electron chi connectivity index (χ1n) is 6.86. The van der Waals surface area contributed by atoms with Gasteiger partial charge >= 0.3 is 0 Å². The fourth-order valence-corrected chi connectivity index (χ4v) is 5.90. The number of carbonyl (C=O) groups excluding carboxylic acids is 2. The molecular weight excluding hydrogens is 344 g/mol. The van der Waals surface area contributed by atoms with Gasteiger partial charge in [0.1, 0.15) is 11.4 Å². The van der Waals surface area contributed by atoms with Crippen molar-refractivity contribution in [3.63, 3.8) is 0 Å². The van der Waals surface area contributed by atoms with Crippen LogP contribution in [-0.2, 0) is 24.7 Å². The third-order valence-electron chi connectivity index (χ3n) is 3.80. The van der Waals surface area contributed by atoms with Crippen molar-refractivity contribution < 1.29 is 26.4 Å². The second-order valence-electron chi connectivity index (χ2n) is 5.48. The number of hydrogen-bond donors (Lipinski definition) is 1. The lowest BCUT2D eigenvalue weighted by atomic mass is 10.2. The third-order valence-corrected chi connectivity index (χ3v) is 7.35. The lowest BCUT2D eigenvalue weighted by Crippen LogP contribution is -2.44. The molecule has 2 amide bonds. The van der Waals surface area contributed by atoms with Gasteiger partial charge in [0.05, 0.1) is 17.1 Å². The Morgan fingerprint density at radius 2 is 1.91 bits per heavy atom. The average Bonchev–Trinajstić information content (AvgIpc) is 2.90. The van der Waals surface area contributed by atoms with Crippen LogP contribution in [0.4, 0.5) is 0 Å². The van der Waals surface area contributed by atoms with Gasteiger partial charge in [-0.05, 0) is 18.6 Å². The molecule has 2 aliphatic rings. The molecule has 2 aliphatic heterocycles. The average molecular weight is 358 g/mol. The van der Waals surface area contributed by atoms with Crippen LogP contribution in [0.15, 0.2) is 29.2 Å². The minimum Gasteiger partial charge on any atom is -0.351 e. The van der Waals surface area contributed by atoms with Crippen molar-refractivity contribution in [2.75, 3.05) is 18.1 Å². The molecule has 8 nitrogen and oxygen atoms in total. The maximum atomic E-state index is 12.3. The second kappa shape index (κ2) is 5.31. The zero-order valence-corrected chi connectivity index (χ0v) is 13.6. The Morgan fingerprint density at radius 3 is 2.52 bits per heavy atom. The van der Waals surface area contributed by atoms with Crippen LogP contribution >= 0.6 is 0 Å². The Bertz CT molecular complexity index is 891. The molecule has 0 aliphatic carbocycles. The molecule has 124 valence electrons. The molecule has 2 heterocycles. The number of hydrogen-bond acceptors (Lipinski definition) is 6. The second-order valence-corrected chi connectivity index (χ2v) is 9.54. The molecule has 10 heteroatoms. The molecule has 1 aromatic carbocycles. The van der Waals surface area contributed by atoms with E-state index >= 15 is 0 Å². The first-order valence-corrected chi connectivity index (χ1v) is 10.1. The largest absolute Gasteiger partial charge is 0.351 e. The van der Waals surface area contributed by atoms with Crippen molar-refractivity contribution >= 4 is 31.7 Å². The van der Waals surface area contributed by atoms with Crippen LogP contribution in [0.2, 0.25) is 0 Å². The van der Waals surface area contributed by atoms with Crippen LogP contribution in [0.25, 0.3) is 0 Å². The van der Waals surface area contributed by atoms with Crippen molar-refractivity contribution in [2.45, 2.75) is 17.4 Å². The van der Waals surface area contributed by atoms with Gasteiger partial charge in [-0.3, -0.25) is 9.59 Å². The molecule has 1 atom stereocenters. The summed E-state index contributed by atoms with van der Waals surface area (Å²) in [6, 6.07) is 5.19. The van der Waals surface area contributed by atoms with Gasteiger partial charge in [-0.25, -0.2) is 21.1 Å². The SMILES string of the molecule is O=C(CN1C(=O)c2ccccc2S1(=O)=O)NC1CCS(=O)(=O)C1. The molecule has 1 N–H and O–H groups in total. The zero-order chi connectivity index (χ0) is 16.8. The van der Waals surface area contributed by atoms with E-state index in [9.17, 15) is 26.4 Å². The predicted octanol–water partition coefficient (Wildman–Crippen LogP) is -0.866. The van der Waals surface area contributed by atoms with Crippen LogP contribution in [0.1, 0.15) is 16.8 Å². The van der Waals surface area contributed by atoms with Crippen LogP contribution in [-0.4, -0.2) is 57.0 Å². The van der Waals surface area contributed by atoms with Crippen molar-refractivity contribution in [3.05, 3.63) is 29.8 Å². The summed E-state index contributed by atoms with van der Waals surface area (Å²) in [4.78, 5) is 24.0. The summed E-state index contributed by atoms with van der Waals surface area (Å²) in [5.41, 5.74) is 0.0312. The molecule has 1 aromatic rings. The van der Waals surface area contributed by atoms with E-state index < -0.39 is 44.3 Å². The summed E-state index contributed by atoms with van der Waals surface area (Å²) in [5.74, 6) is -1.63. The smallest absolute Gasteiger partial charge is 0.269 e. The monoisotopic (exact) mass is 358 g/mol. The molecule has 0 radical (unpaired) electrons. The van der Waals surface area contributed by atoms with Crippen molar-refractivity contribution in [3.8, 4) is 0 Å². The van der Waals surface area contributed by atoms with E-state index in [1.165, 1.54) is 18.2 Å². The summed E-state index contributed by atoms with van der Waals surface area (Å²) in [5, 5.41) is 2.47. The number of rotatable bonds is 3. The van der Waals surface area contributed by atoms with Gasteiger partial charge < -0.3 is 5.32 Å². The van der Waals surface area contributed by atoms with Gasteiger partial charge in [-0.1, -0.05) is 12.1 Å². The summed E-state index contributed by atoms with van der Waals surface area (Å²) < 4.78 is 47.8. The number of fused-ring (bicyclic) bond motifs is 1. The van der Waals surface area contributed by atoms with E-state index in [2.05, 4.69) is 5.32 Å². The highest BCUT2D eigenvalue weighted by Crippen LogP contribution is 2.29. The van der Waals surface area contributed by atoms with Gasteiger partial charge in [-0.2, -0.15) is 0 Å². The van der Waals surface area contributed by atoms with E-state index in [1.807, 2.05) is 0 Å². The van der Waals surface area contributed by atoms with Crippen molar-refractivity contribution in [1.29, 1.82) is 0 Å². The van der Waals surface area contributed by atoms with E-state index in [0.29, 0.717) is 4.31 Å². The normalized spacial score (nSPS) is 24.4. The van der Waals surface area contributed by atoms with Crippen LogP contribution in [0, 0.1) is 0 Å². The maximum Gasteiger partial charge on any atom is 0.269 e. The highest BCUT2D eigenvalue weighted by Gasteiger charge is 2.42. The topological polar surface area (TPSA) is 118 Å². The number of sulfonamides is 1. The van der Waals surface area contributed by atoms with E-state index in [0.717, 1.165) is 0 Å². The van der Waals surface area contributed by atoms with Gasteiger partial charge in [0.25, 0.3) is 15.9 Å². The van der Waals surface area contributed by atoms with Gasteiger partial charge in [-0.15, -0.1) is 0 Å². The highest BCUT2D eigenvalue weighted by molar-refractivity contribution is 7.91. The minimum atomic E-state index is -4.04. The third kappa shape index (κ3) is 2.83. The molecular formula is C13H14N2O6S2. The number of benzene rings is 1. The molecule has 1 unspecified atom stereocenters. The standard InChI is InChI=1S/C13H14N2O6S2/c16-12(14-9-5-6-22(18,19)8-9)7-15-13(17)10-3-1-2-4-11(10)23(15,20)21/h1-4,9H,5-8H2,(H,14,16). The van der Waals surface area contributed by atoms with Gasteiger partial charge in [0, 0.05) is 6.04 Å². The first-order chi connectivity index (χ1) is 10.7. The van der Waals surface area contributed by atoms with Gasteiger partial charge in [0.15, 0.2) is 9.84 Å². The number of sulfone groups is 1. The molecule has 0 spiro atoms. The van der Waals surface area contributed by atoms with E-state index in [1.54, 1.807) is 6.07 Å². The number of carbonyl (C=O) groups is 2. The Kier molecular flexibility index (Phi) is 3.68.